The van der Waals surface area contributed by atoms with Crippen LogP contribution in [0.4, 0.5) is 0 Å². The Hall–Kier alpha value is -1.55. The number of aliphatic hydroxyl groups excluding tert-OH is 1. The highest BCUT2D eigenvalue weighted by Crippen LogP contribution is 2.25. The van der Waals surface area contributed by atoms with Gasteiger partial charge in [-0.25, -0.2) is 0 Å². The second-order valence-electron chi connectivity index (χ2n) is 5.84. The number of nitrogens with one attached hydrogen (secondary N) is 2. The lowest BCUT2D eigenvalue weighted by Gasteiger charge is -2.28. The van der Waals surface area contributed by atoms with E-state index in [9.17, 15) is 5.11 Å². The fourth-order valence-corrected chi connectivity index (χ4v) is 2.34. The zero-order valence-electron chi connectivity index (χ0n) is 14.4. The molecule has 0 saturated carbocycles. The van der Waals surface area contributed by atoms with Crippen molar-refractivity contribution >= 4 is 5.96 Å². The molecule has 0 fully saturated rings. The van der Waals surface area contributed by atoms with Gasteiger partial charge in [0, 0.05) is 12.0 Å². The SMILES string of the molecule is CCNC(=NCC(CC)(CC)CO)NC(C)c1ccccc1. The Labute approximate surface area is 135 Å². The van der Waals surface area contributed by atoms with Gasteiger partial charge in [0.1, 0.15) is 0 Å². The first-order valence-electron chi connectivity index (χ1n) is 8.31. The Morgan fingerprint density at radius 2 is 1.82 bits per heavy atom. The maximum absolute atomic E-state index is 9.67. The van der Waals surface area contributed by atoms with Crippen LogP contribution < -0.4 is 10.6 Å². The molecule has 0 heterocycles. The van der Waals surface area contributed by atoms with Gasteiger partial charge >= 0.3 is 0 Å². The van der Waals surface area contributed by atoms with Crippen LogP contribution in [0.15, 0.2) is 35.3 Å². The van der Waals surface area contributed by atoms with Crippen LogP contribution in [-0.4, -0.2) is 30.8 Å². The first kappa shape index (κ1) is 18.5. The van der Waals surface area contributed by atoms with Gasteiger partial charge in [-0.2, -0.15) is 0 Å². The van der Waals surface area contributed by atoms with Gasteiger partial charge < -0.3 is 15.7 Å². The van der Waals surface area contributed by atoms with E-state index in [4.69, 9.17) is 4.99 Å². The summed E-state index contributed by atoms with van der Waals surface area (Å²) in [6.07, 6.45) is 1.86. The van der Waals surface area contributed by atoms with Crippen LogP contribution in [0.5, 0.6) is 0 Å². The highest BCUT2D eigenvalue weighted by molar-refractivity contribution is 5.80. The van der Waals surface area contributed by atoms with Crippen molar-refractivity contribution in [3.05, 3.63) is 35.9 Å². The van der Waals surface area contributed by atoms with Crippen molar-refractivity contribution in [1.82, 2.24) is 10.6 Å². The van der Waals surface area contributed by atoms with Crippen LogP contribution in [0.2, 0.25) is 0 Å². The van der Waals surface area contributed by atoms with E-state index in [2.05, 4.69) is 50.5 Å². The molecule has 0 spiro atoms. The van der Waals surface area contributed by atoms with Crippen molar-refractivity contribution < 1.29 is 5.11 Å². The van der Waals surface area contributed by atoms with E-state index in [1.54, 1.807) is 0 Å². The van der Waals surface area contributed by atoms with Crippen molar-refractivity contribution in [1.29, 1.82) is 0 Å². The lowest BCUT2D eigenvalue weighted by molar-refractivity contribution is 0.123. The molecule has 0 radical (unpaired) electrons. The topological polar surface area (TPSA) is 56.7 Å². The molecule has 1 atom stereocenters. The summed E-state index contributed by atoms with van der Waals surface area (Å²) in [5, 5.41) is 16.4. The molecule has 0 amide bonds. The molecule has 1 aromatic rings. The van der Waals surface area contributed by atoms with Crippen LogP contribution in [0.25, 0.3) is 0 Å². The number of rotatable bonds is 8. The first-order chi connectivity index (χ1) is 10.6. The van der Waals surface area contributed by atoms with Gasteiger partial charge in [0.2, 0.25) is 0 Å². The summed E-state index contributed by atoms with van der Waals surface area (Å²) in [4.78, 5) is 4.70. The fraction of sp³-hybridized carbons (Fsp3) is 0.611. The van der Waals surface area contributed by atoms with Gasteiger partial charge in [-0.15, -0.1) is 0 Å². The number of hydrogen-bond donors (Lipinski definition) is 3. The van der Waals surface area contributed by atoms with E-state index >= 15 is 0 Å². The van der Waals surface area contributed by atoms with E-state index in [1.165, 1.54) is 5.56 Å². The van der Waals surface area contributed by atoms with Crippen molar-refractivity contribution in [2.45, 2.75) is 46.6 Å². The van der Waals surface area contributed by atoms with Crippen LogP contribution in [0, 0.1) is 5.41 Å². The Kier molecular flexibility index (Phi) is 7.96. The molecule has 1 aromatic carbocycles. The van der Waals surface area contributed by atoms with Gasteiger partial charge in [0.25, 0.3) is 0 Å². The molecule has 0 aliphatic rings. The molecule has 124 valence electrons. The van der Waals surface area contributed by atoms with E-state index in [0.29, 0.717) is 6.54 Å². The van der Waals surface area contributed by atoms with Crippen molar-refractivity contribution in [3.63, 3.8) is 0 Å². The van der Waals surface area contributed by atoms with Crippen molar-refractivity contribution in [3.8, 4) is 0 Å². The molecule has 3 N–H and O–H groups in total. The summed E-state index contributed by atoms with van der Waals surface area (Å²) in [6, 6.07) is 10.5. The average Bonchev–Trinajstić information content (AvgIpc) is 2.57. The molecule has 0 saturated heterocycles. The molecule has 0 aliphatic carbocycles. The van der Waals surface area contributed by atoms with Crippen LogP contribution >= 0.6 is 0 Å². The minimum atomic E-state index is -0.113. The summed E-state index contributed by atoms with van der Waals surface area (Å²) >= 11 is 0. The van der Waals surface area contributed by atoms with E-state index in [-0.39, 0.29) is 18.1 Å². The third-order valence-corrected chi connectivity index (χ3v) is 4.41. The number of guanidine groups is 1. The Morgan fingerprint density at radius 1 is 1.18 bits per heavy atom. The number of hydrogen-bond acceptors (Lipinski definition) is 2. The molecule has 0 aliphatic heterocycles. The minimum absolute atomic E-state index is 0.113. The number of nitrogens with zero attached hydrogens (tertiary/aromatic N) is 1. The standard InChI is InChI=1S/C18H31N3O/c1-5-18(6-2,14-22)13-20-17(19-7-3)21-15(4)16-11-9-8-10-12-16/h8-12,15,22H,5-7,13-14H2,1-4H3,(H2,19,20,21). The summed E-state index contributed by atoms with van der Waals surface area (Å²) in [5.74, 6) is 0.804. The van der Waals surface area contributed by atoms with Gasteiger partial charge in [0.15, 0.2) is 5.96 Å². The minimum Gasteiger partial charge on any atom is -0.396 e. The van der Waals surface area contributed by atoms with Crippen molar-refractivity contribution in [2.75, 3.05) is 19.7 Å². The second-order valence-corrected chi connectivity index (χ2v) is 5.84. The molecular formula is C18H31N3O. The van der Waals surface area contributed by atoms with Crippen LogP contribution in [0.3, 0.4) is 0 Å². The summed E-state index contributed by atoms with van der Waals surface area (Å²) < 4.78 is 0. The van der Waals surface area contributed by atoms with Gasteiger partial charge in [-0.3, -0.25) is 4.99 Å². The summed E-state index contributed by atoms with van der Waals surface area (Å²) in [6.45, 7) is 10.0. The number of aliphatic hydroxyl groups is 1. The monoisotopic (exact) mass is 305 g/mol. The number of aliphatic imine (C=N–C) groups is 1. The smallest absolute Gasteiger partial charge is 0.191 e. The second kappa shape index (κ2) is 9.46. The zero-order valence-corrected chi connectivity index (χ0v) is 14.4. The van der Waals surface area contributed by atoms with Crippen LogP contribution in [-0.2, 0) is 0 Å². The zero-order chi connectivity index (χ0) is 16.4. The molecule has 4 heteroatoms. The fourth-order valence-electron chi connectivity index (χ4n) is 2.34. The largest absolute Gasteiger partial charge is 0.396 e. The highest BCUT2D eigenvalue weighted by Gasteiger charge is 2.25. The van der Waals surface area contributed by atoms with Crippen LogP contribution in [0.1, 0.15) is 52.1 Å². The van der Waals surface area contributed by atoms with Gasteiger partial charge in [0.05, 0.1) is 19.2 Å². The van der Waals surface area contributed by atoms with Crippen molar-refractivity contribution in [2.24, 2.45) is 10.4 Å². The molecular weight excluding hydrogens is 274 g/mol. The number of benzene rings is 1. The predicted molar refractivity (Wildman–Crippen MR) is 94.1 cm³/mol. The Balaban J connectivity index is 2.78. The van der Waals surface area contributed by atoms with Gasteiger partial charge in [-0.05, 0) is 32.3 Å². The highest BCUT2D eigenvalue weighted by atomic mass is 16.3. The molecule has 22 heavy (non-hydrogen) atoms. The third kappa shape index (κ3) is 5.34. The Bertz CT molecular complexity index is 433. The quantitative estimate of drug-likeness (QED) is 0.511. The normalized spacial score (nSPS) is 13.8. The molecule has 4 nitrogen and oxygen atoms in total. The molecule has 1 unspecified atom stereocenters. The van der Waals surface area contributed by atoms with Gasteiger partial charge in [-0.1, -0.05) is 44.2 Å². The predicted octanol–water partition coefficient (Wildman–Crippen LogP) is 3.10. The molecule has 0 aromatic heterocycles. The first-order valence-corrected chi connectivity index (χ1v) is 8.31. The Morgan fingerprint density at radius 3 is 2.32 bits per heavy atom. The summed E-state index contributed by atoms with van der Waals surface area (Å²) in [7, 11) is 0. The lowest BCUT2D eigenvalue weighted by Crippen LogP contribution is -2.40. The van der Waals surface area contributed by atoms with E-state index in [1.807, 2.05) is 18.2 Å². The van der Waals surface area contributed by atoms with E-state index < -0.39 is 0 Å². The third-order valence-electron chi connectivity index (χ3n) is 4.41. The molecule has 1 rings (SSSR count). The van der Waals surface area contributed by atoms with E-state index in [0.717, 1.165) is 25.3 Å². The summed E-state index contributed by atoms with van der Waals surface area (Å²) in [5.41, 5.74) is 1.12. The maximum Gasteiger partial charge on any atom is 0.191 e. The maximum atomic E-state index is 9.67. The lowest BCUT2D eigenvalue weighted by atomic mass is 9.83. The average molecular weight is 305 g/mol. The molecule has 0 bridgehead atoms.